The Morgan fingerprint density at radius 3 is 2.71 bits per heavy atom. The summed E-state index contributed by atoms with van der Waals surface area (Å²) in [5, 5.41) is 0. The molecule has 1 rings (SSSR count). The highest BCUT2D eigenvalue weighted by molar-refractivity contribution is 9.10. The van der Waals surface area contributed by atoms with Crippen molar-refractivity contribution in [1.82, 2.24) is 0 Å². The molecule has 0 radical (unpaired) electrons. The van der Waals surface area contributed by atoms with Gasteiger partial charge in [-0.25, -0.2) is 0 Å². The molecule has 0 aromatic heterocycles. The SMILES string of the molecule is CCCCOc1c(C)cc(Br)cc1N. The first-order valence-corrected chi connectivity index (χ1v) is 5.63. The molecule has 0 amide bonds. The standard InChI is InChI=1S/C11H16BrNO/c1-3-4-5-14-11-8(2)6-9(12)7-10(11)13/h6-7H,3-5,13H2,1-2H3. The largest absolute Gasteiger partial charge is 0.491 e. The number of hydrogen-bond donors (Lipinski definition) is 1. The van der Waals surface area contributed by atoms with Crippen LogP contribution in [0.25, 0.3) is 0 Å². The second kappa shape index (κ2) is 5.25. The maximum atomic E-state index is 5.85. The van der Waals surface area contributed by atoms with Crippen molar-refractivity contribution in [3.8, 4) is 5.75 Å². The lowest BCUT2D eigenvalue weighted by Gasteiger charge is -2.11. The Bertz CT molecular complexity index is 289. The minimum absolute atomic E-state index is 0.702. The summed E-state index contributed by atoms with van der Waals surface area (Å²) >= 11 is 3.39. The maximum absolute atomic E-state index is 5.85. The van der Waals surface area contributed by atoms with Gasteiger partial charge in [0.25, 0.3) is 0 Å². The Hall–Kier alpha value is -0.700. The Balaban J connectivity index is 2.75. The summed E-state index contributed by atoms with van der Waals surface area (Å²) < 4.78 is 6.61. The van der Waals surface area contributed by atoms with E-state index in [1.54, 1.807) is 0 Å². The van der Waals surface area contributed by atoms with Gasteiger partial charge in [0, 0.05) is 4.47 Å². The number of anilines is 1. The van der Waals surface area contributed by atoms with Crippen molar-refractivity contribution >= 4 is 21.6 Å². The van der Waals surface area contributed by atoms with Crippen molar-refractivity contribution in [3.63, 3.8) is 0 Å². The number of nitrogen functional groups attached to an aromatic ring is 1. The van der Waals surface area contributed by atoms with Gasteiger partial charge in [-0.3, -0.25) is 0 Å². The second-order valence-electron chi connectivity index (χ2n) is 3.34. The number of benzene rings is 1. The van der Waals surface area contributed by atoms with Gasteiger partial charge in [0.1, 0.15) is 5.75 Å². The molecule has 0 saturated heterocycles. The fraction of sp³-hybridized carbons (Fsp3) is 0.455. The van der Waals surface area contributed by atoms with Gasteiger partial charge in [0.15, 0.2) is 0 Å². The molecular formula is C11H16BrNO. The van der Waals surface area contributed by atoms with Crippen molar-refractivity contribution in [2.75, 3.05) is 12.3 Å². The fourth-order valence-electron chi connectivity index (χ4n) is 1.27. The van der Waals surface area contributed by atoms with E-state index in [1.165, 1.54) is 0 Å². The zero-order valence-corrected chi connectivity index (χ0v) is 10.2. The lowest BCUT2D eigenvalue weighted by molar-refractivity contribution is 0.309. The van der Waals surface area contributed by atoms with Crippen LogP contribution in [0.1, 0.15) is 25.3 Å². The highest BCUT2D eigenvalue weighted by Crippen LogP contribution is 2.30. The molecule has 2 nitrogen and oxygen atoms in total. The minimum atomic E-state index is 0.702. The summed E-state index contributed by atoms with van der Waals surface area (Å²) in [5.74, 6) is 0.821. The molecule has 0 aliphatic heterocycles. The van der Waals surface area contributed by atoms with Gasteiger partial charge in [-0.05, 0) is 31.0 Å². The highest BCUT2D eigenvalue weighted by atomic mass is 79.9. The van der Waals surface area contributed by atoms with Crippen LogP contribution in [-0.2, 0) is 0 Å². The highest BCUT2D eigenvalue weighted by Gasteiger charge is 2.05. The summed E-state index contributed by atoms with van der Waals surface area (Å²) in [6.45, 7) is 4.88. The van der Waals surface area contributed by atoms with Crippen molar-refractivity contribution < 1.29 is 4.74 Å². The first kappa shape index (κ1) is 11.4. The van der Waals surface area contributed by atoms with E-state index in [0.717, 1.165) is 35.2 Å². The summed E-state index contributed by atoms with van der Waals surface area (Å²) in [5.41, 5.74) is 7.63. The third-order valence-electron chi connectivity index (χ3n) is 2.01. The maximum Gasteiger partial charge on any atom is 0.145 e. The van der Waals surface area contributed by atoms with Gasteiger partial charge >= 0.3 is 0 Å². The number of halogens is 1. The lowest BCUT2D eigenvalue weighted by Crippen LogP contribution is -2.01. The molecule has 0 heterocycles. The third-order valence-corrected chi connectivity index (χ3v) is 2.47. The minimum Gasteiger partial charge on any atom is -0.491 e. The summed E-state index contributed by atoms with van der Waals surface area (Å²) in [7, 11) is 0. The molecule has 14 heavy (non-hydrogen) atoms. The molecule has 0 aliphatic carbocycles. The van der Waals surface area contributed by atoms with E-state index in [1.807, 2.05) is 19.1 Å². The molecule has 0 spiro atoms. The van der Waals surface area contributed by atoms with Crippen LogP contribution < -0.4 is 10.5 Å². The van der Waals surface area contributed by atoms with Gasteiger partial charge in [0.05, 0.1) is 12.3 Å². The van der Waals surface area contributed by atoms with Gasteiger partial charge in [-0.1, -0.05) is 29.3 Å². The molecule has 0 unspecified atom stereocenters. The molecule has 0 bridgehead atoms. The van der Waals surface area contributed by atoms with Gasteiger partial charge in [0.2, 0.25) is 0 Å². The molecule has 0 fully saturated rings. The summed E-state index contributed by atoms with van der Waals surface area (Å²) in [4.78, 5) is 0. The number of nitrogens with two attached hydrogens (primary N) is 1. The number of aryl methyl sites for hydroxylation is 1. The van der Waals surface area contributed by atoms with Crippen LogP contribution in [0, 0.1) is 6.92 Å². The number of ether oxygens (including phenoxy) is 1. The quantitative estimate of drug-likeness (QED) is 0.662. The van der Waals surface area contributed by atoms with Crippen molar-refractivity contribution in [2.24, 2.45) is 0 Å². The summed E-state index contributed by atoms with van der Waals surface area (Å²) in [6, 6.07) is 3.88. The second-order valence-corrected chi connectivity index (χ2v) is 4.26. The Morgan fingerprint density at radius 2 is 2.14 bits per heavy atom. The van der Waals surface area contributed by atoms with E-state index in [9.17, 15) is 0 Å². The molecule has 0 atom stereocenters. The molecule has 78 valence electrons. The normalized spacial score (nSPS) is 10.2. The smallest absolute Gasteiger partial charge is 0.145 e. The van der Waals surface area contributed by atoms with Crippen molar-refractivity contribution in [3.05, 3.63) is 22.2 Å². The van der Waals surface area contributed by atoms with Gasteiger partial charge < -0.3 is 10.5 Å². The van der Waals surface area contributed by atoms with Crippen molar-refractivity contribution in [1.29, 1.82) is 0 Å². The lowest BCUT2D eigenvalue weighted by atomic mass is 10.2. The van der Waals surface area contributed by atoms with Gasteiger partial charge in [-0.2, -0.15) is 0 Å². The fourth-order valence-corrected chi connectivity index (χ4v) is 1.86. The zero-order chi connectivity index (χ0) is 10.6. The molecule has 1 aromatic rings. The first-order valence-electron chi connectivity index (χ1n) is 4.83. The van der Waals surface area contributed by atoms with E-state index in [2.05, 4.69) is 22.9 Å². The predicted molar refractivity (Wildman–Crippen MR) is 63.7 cm³/mol. The van der Waals surface area contributed by atoms with Crippen LogP contribution in [0.4, 0.5) is 5.69 Å². The number of unbranched alkanes of at least 4 members (excludes halogenated alkanes) is 1. The van der Waals surface area contributed by atoms with E-state index in [0.29, 0.717) is 5.69 Å². The van der Waals surface area contributed by atoms with Crippen LogP contribution in [0.5, 0.6) is 5.75 Å². The molecule has 0 aliphatic rings. The Kier molecular flexibility index (Phi) is 4.26. The van der Waals surface area contributed by atoms with E-state index < -0.39 is 0 Å². The van der Waals surface area contributed by atoms with Crippen LogP contribution in [0.15, 0.2) is 16.6 Å². The van der Waals surface area contributed by atoms with Crippen molar-refractivity contribution in [2.45, 2.75) is 26.7 Å². The number of hydrogen-bond acceptors (Lipinski definition) is 2. The monoisotopic (exact) mass is 257 g/mol. The first-order chi connectivity index (χ1) is 6.65. The van der Waals surface area contributed by atoms with Crippen LogP contribution in [0.2, 0.25) is 0 Å². The van der Waals surface area contributed by atoms with Crippen LogP contribution in [-0.4, -0.2) is 6.61 Å². The van der Waals surface area contributed by atoms with E-state index >= 15 is 0 Å². The Morgan fingerprint density at radius 1 is 1.43 bits per heavy atom. The molecule has 3 heteroatoms. The Labute approximate surface area is 93.6 Å². The van der Waals surface area contributed by atoms with E-state index in [4.69, 9.17) is 10.5 Å². The molecule has 1 aromatic carbocycles. The topological polar surface area (TPSA) is 35.2 Å². The van der Waals surface area contributed by atoms with E-state index in [-0.39, 0.29) is 0 Å². The third kappa shape index (κ3) is 2.91. The van der Waals surface area contributed by atoms with Crippen LogP contribution in [0.3, 0.4) is 0 Å². The average Bonchev–Trinajstić information content (AvgIpc) is 2.09. The van der Waals surface area contributed by atoms with Gasteiger partial charge in [-0.15, -0.1) is 0 Å². The predicted octanol–water partition coefficient (Wildman–Crippen LogP) is 3.52. The molecular weight excluding hydrogens is 242 g/mol. The van der Waals surface area contributed by atoms with Crippen LogP contribution >= 0.6 is 15.9 Å². The average molecular weight is 258 g/mol. The zero-order valence-electron chi connectivity index (χ0n) is 8.64. The molecule has 2 N–H and O–H groups in total. The number of rotatable bonds is 4. The molecule has 0 saturated carbocycles. The summed E-state index contributed by atoms with van der Waals surface area (Å²) in [6.07, 6.45) is 2.20.